The molecule has 0 amide bonds. The summed E-state index contributed by atoms with van der Waals surface area (Å²) < 4.78 is 0. The molecular formula is C24H27NS. The smallest absolute Gasteiger partial charge is 0.124 e. The van der Waals surface area contributed by atoms with Gasteiger partial charge in [-0.05, 0) is 79.5 Å². The molecular weight excluding hydrogens is 334 g/mol. The van der Waals surface area contributed by atoms with Crippen molar-refractivity contribution in [3.63, 3.8) is 0 Å². The third-order valence-corrected chi connectivity index (χ3v) is 7.56. The molecule has 2 aromatic heterocycles. The van der Waals surface area contributed by atoms with Crippen molar-refractivity contribution in [1.29, 1.82) is 0 Å². The molecule has 0 aliphatic heterocycles. The highest BCUT2D eigenvalue weighted by atomic mass is 32.1. The molecule has 0 radical (unpaired) electrons. The Kier molecular flexibility index (Phi) is 3.93. The van der Waals surface area contributed by atoms with E-state index in [1.807, 2.05) is 11.3 Å². The number of fused-ring (bicyclic) bond motifs is 4. The van der Waals surface area contributed by atoms with Gasteiger partial charge in [-0.3, -0.25) is 0 Å². The van der Waals surface area contributed by atoms with Gasteiger partial charge >= 0.3 is 0 Å². The number of hydrogen-bond donors (Lipinski definition) is 0. The Hall–Kier alpha value is -1.67. The Bertz CT molecular complexity index is 997. The molecule has 1 aromatic carbocycles. The zero-order valence-electron chi connectivity index (χ0n) is 16.1. The minimum atomic E-state index is 0.588. The van der Waals surface area contributed by atoms with E-state index in [1.54, 1.807) is 16.0 Å². The van der Waals surface area contributed by atoms with Gasteiger partial charge in [0.1, 0.15) is 4.83 Å². The lowest BCUT2D eigenvalue weighted by atomic mass is 9.80. The first-order valence-corrected chi connectivity index (χ1v) is 11.0. The first kappa shape index (κ1) is 16.5. The molecule has 0 bridgehead atoms. The number of hydrogen-bond acceptors (Lipinski definition) is 2. The lowest BCUT2D eigenvalue weighted by Gasteiger charge is -2.25. The van der Waals surface area contributed by atoms with Gasteiger partial charge in [-0.25, -0.2) is 4.98 Å². The van der Waals surface area contributed by atoms with E-state index in [0.717, 1.165) is 5.92 Å². The maximum atomic E-state index is 5.25. The predicted molar refractivity (Wildman–Crippen MR) is 112 cm³/mol. The van der Waals surface area contributed by atoms with Crippen molar-refractivity contribution in [3.8, 4) is 11.1 Å². The summed E-state index contributed by atoms with van der Waals surface area (Å²) in [5.41, 5.74) is 8.82. The van der Waals surface area contributed by atoms with Crippen LogP contribution in [0.1, 0.15) is 66.3 Å². The average molecular weight is 362 g/mol. The number of aryl methyl sites for hydroxylation is 2. The minimum absolute atomic E-state index is 0.588. The van der Waals surface area contributed by atoms with Gasteiger partial charge in [0.05, 0.1) is 0 Å². The minimum Gasteiger partial charge on any atom is -0.241 e. The van der Waals surface area contributed by atoms with Crippen molar-refractivity contribution in [1.82, 2.24) is 4.98 Å². The van der Waals surface area contributed by atoms with Crippen LogP contribution in [0.5, 0.6) is 0 Å². The third-order valence-electron chi connectivity index (χ3n) is 6.41. The molecule has 0 N–H and O–H groups in total. The van der Waals surface area contributed by atoms with Crippen LogP contribution in [0.25, 0.3) is 21.3 Å². The van der Waals surface area contributed by atoms with E-state index in [-0.39, 0.29) is 0 Å². The summed E-state index contributed by atoms with van der Waals surface area (Å²) in [6, 6.07) is 9.12. The SMILES string of the molecule is Cc1cccc(-c2c3c(nc4sc5c(c24)CC[C@@H](C)C5)[C@@H](C)CCC3)c1. The predicted octanol–water partition coefficient (Wildman–Crippen LogP) is 6.84. The van der Waals surface area contributed by atoms with Gasteiger partial charge in [0.2, 0.25) is 0 Å². The zero-order chi connectivity index (χ0) is 17.8. The normalized spacial score (nSPS) is 22.3. The standard InChI is InChI=1S/C24H27NS/c1-14-6-4-8-17(12-14)21-19-9-5-7-16(3)23(19)25-24-22(21)18-11-10-15(2)13-20(18)26-24/h4,6,8,12,15-16H,5,7,9-11,13H2,1-3H3/t15-,16+/m1/s1. The lowest BCUT2D eigenvalue weighted by molar-refractivity contribution is 0.509. The van der Waals surface area contributed by atoms with E-state index in [9.17, 15) is 0 Å². The number of nitrogens with zero attached hydrogens (tertiary/aromatic N) is 1. The fourth-order valence-corrected chi connectivity index (χ4v) is 6.43. The van der Waals surface area contributed by atoms with Gasteiger partial charge in [-0.1, -0.05) is 43.7 Å². The monoisotopic (exact) mass is 361 g/mol. The van der Waals surface area contributed by atoms with Gasteiger partial charge in [0, 0.05) is 16.0 Å². The van der Waals surface area contributed by atoms with Crippen LogP contribution in [0, 0.1) is 12.8 Å². The summed E-state index contributed by atoms with van der Waals surface area (Å²) in [6.45, 7) is 6.98. The molecule has 5 rings (SSSR count). The maximum absolute atomic E-state index is 5.25. The highest BCUT2D eigenvalue weighted by Crippen LogP contribution is 2.46. The molecule has 0 fully saturated rings. The Labute approximate surface area is 160 Å². The van der Waals surface area contributed by atoms with Crippen LogP contribution in [0.2, 0.25) is 0 Å². The molecule has 26 heavy (non-hydrogen) atoms. The van der Waals surface area contributed by atoms with Crippen molar-refractivity contribution in [2.45, 2.75) is 65.2 Å². The molecule has 134 valence electrons. The summed E-state index contributed by atoms with van der Waals surface area (Å²) in [7, 11) is 0. The molecule has 0 unspecified atom stereocenters. The molecule has 0 spiro atoms. The van der Waals surface area contributed by atoms with E-state index in [1.165, 1.54) is 71.1 Å². The van der Waals surface area contributed by atoms with Crippen LogP contribution in [-0.2, 0) is 19.3 Å². The number of rotatable bonds is 1. The zero-order valence-corrected chi connectivity index (χ0v) is 16.9. The molecule has 1 nitrogen and oxygen atoms in total. The van der Waals surface area contributed by atoms with Crippen LogP contribution in [-0.4, -0.2) is 4.98 Å². The second-order valence-corrected chi connectivity index (χ2v) is 9.63. The van der Waals surface area contributed by atoms with Crippen LogP contribution < -0.4 is 0 Å². The fraction of sp³-hybridized carbons (Fsp3) is 0.458. The van der Waals surface area contributed by atoms with Crippen molar-refractivity contribution in [2.75, 3.05) is 0 Å². The first-order chi connectivity index (χ1) is 12.6. The molecule has 0 saturated heterocycles. The number of thiophene rings is 1. The van der Waals surface area contributed by atoms with E-state index < -0.39 is 0 Å². The molecule has 0 saturated carbocycles. The van der Waals surface area contributed by atoms with Crippen molar-refractivity contribution >= 4 is 21.6 Å². The Morgan fingerprint density at radius 3 is 2.81 bits per heavy atom. The number of benzene rings is 1. The molecule has 2 aliphatic rings. The van der Waals surface area contributed by atoms with Crippen LogP contribution in [0.15, 0.2) is 24.3 Å². The summed E-state index contributed by atoms with van der Waals surface area (Å²) >= 11 is 1.98. The average Bonchev–Trinajstić information content (AvgIpc) is 2.97. The van der Waals surface area contributed by atoms with Crippen LogP contribution >= 0.6 is 11.3 Å². The Morgan fingerprint density at radius 2 is 1.96 bits per heavy atom. The number of aromatic nitrogens is 1. The second kappa shape index (κ2) is 6.20. The van der Waals surface area contributed by atoms with E-state index in [2.05, 4.69) is 45.0 Å². The second-order valence-electron chi connectivity index (χ2n) is 8.55. The summed E-state index contributed by atoms with van der Waals surface area (Å²) in [4.78, 5) is 8.16. The maximum Gasteiger partial charge on any atom is 0.124 e. The third kappa shape index (κ3) is 2.53. The van der Waals surface area contributed by atoms with E-state index in [0.29, 0.717) is 5.92 Å². The van der Waals surface area contributed by atoms with Crippen LogP contribution in [0.3, 0.4) is 0 Å². The first-order valence-electron chi connectivity index (χ1n) is 10.2. The summed E-state index contributed by atoms with van der Waals surface area (Å²) in [5, 5.41) is 1.50. The van der Waals surface area contributed by atoms with Gasteiger partial charge in [-0.2, -0.15) is 0 Å². The van der Waals surface area contributed by atoms with Gasteiger partial charge in [-0.15, -0.1) is 11.3 Å². The van der Waals surface area contributed by atoms with Gasteiger partial charge in [0.15, 0.2) is 0 Å². The molecule has 2 atom stereocenters. The highest BCUT2D eigenvalue weighted by Gasteiger charge is 2.29. The Morgan fingerprint density at radius 1 is 1.08 bits per heavy atom. The quantitative estimate of drug-likeness (QED) is 0.462. The summed E-state index contributed by atoms with van der Waals surface area (Å²) in [6.07, 6.45) is 7.55. The largest absolute Gasteiger partial charge is 0.241 e. The van der Waals surface area contributed by atoms with Crippen molar-refractivity contribution < 1.29 is 0 Å². The fourth-order valence-electron chi connectivity index (χ4n) is 5.03. The Balaban J connectivity index is 1.87. The molecule has 3 aromatic rings. The lowest BCUT2D eigenvalue weighted by Crippen LogP contribution is -2.12. The molecule has 2 heterocycles. The highest BCUT2D eigenvalue weighted by molar-refractivity contribution is 7.19. The van der Waals surface area contributed by atoms with Gasteiger partial charge < -0.3 is 0 Å². The van der Waals surface area contributed by atoms with Crippen LogP contribution in [0.4, 0.5) is 0 Å². The number of pyridine rings is 1. The summed E-state index contributed by atoms with van der Waals surface area (Å²) in [5.74, 6) is 1.40. The topological polar surface area (TPSA) is 12.9 Å². The van der Waals surface area contributed by atoms with Gasteiger partial charge in [0.25, 0.3) is 0 Å². The molecule has 2 heteroatoms. The van der Waals surface area contributed by atoms with E-state index in [4.69, 9.17) is 4.98 Å². The van der Waals surface area contributed by atoms with E-state index >= 15 is 0 Å². The molecule has 2 aliphatic carbocycles. The van der Waals surface area contributed by atoms with Crippen molar-refractivity contribution in [3.05, 3.63) is 51.5 Å². The van der Waals surface area contributed by atoms with Crippen molar-refractivity contribution in [2.24, 2.45) is 5.92 Å².